The highest BCUT2D eigenvalue weighted by molar-refractivity contribution is 7.89. The summed E-state index contributed by atoms with van der Waals surface area (Å²) in [5.41, 5.74) is 1.63. The number of sulfonamides is 1. The Bertz CT molecular complexity index is 736. The van der Waals surface area contributed by atoms with Crippen molar-refractivity contribution in [2.45, 2.75) is 52.4 Å². The van der Waals surface area contributed by atoms with Gasteiger partial charge in [-0.05, 0) is 42.9 Å². The Balaban J connectivity index is 2.15. The molecule has 0 radical (unpaired) electrons. The molecule has 140 valence electrons. The Morgan fingerprint density at radius 1 is 1.08 bits per heavy atom. The van der Waals surface area contributed by atoms with Crippen LogP contribution in [0.3, 0.4) is 0 Å². The molecule has 0 saturated carbocycles. The number of hydrogen-bond acceptors (Lipinski definition) is 3. The monoisotopic (exact) mass is 366 g/mol. The Morgan fingerprint density at radius 2 is 1.76 bits per heavy atom. The molecule has 0 aromatic heterocycles. The van der Waals surface area contributed by atoms with Gasteiger partial charge in [-0.2, -0.15) is 4.31 Å². The summed E-state index contributed by atoms with van der Waals surface area (Å²) in [6, 6.07) is 5.50. The molecule has 1 saturated heterocycles. The van der Waals surface area contributed by atoms with Crippen LogP contribution in [0.1, 0.15) is 44.7 Å². The van der Waals surface area contributed by atoms with Gasteiger partial charge in [0.25, 0.3) is 0 Å². The molecule has 2 rings (SSSR count). The van der Waals surface area contributed by atoms with E-state index in [1.807, 2.05) is 51.7 Å². The summed E-state index contributed by atoms with van der Waals surface area (Å²) in [7, 11) is -3.53. The summed E-state index contributed by atoms with van der Waals surface area (Å²) in [4.78, 5) is 14.6. The molecule has 25 heavy (non-hydrogen) atoms. The smallest absolute Gasteiger partial charge is 0.243 e. The standard InChI is InChI=1S/C19H30N2O3S/c1-15-7-8-16(2)17(13-15)25(23,24)21-10-6-9-20(11-12-21)18(22)14-19(3,4)5/h7-8,13H,6,9-12,14H2,1-5H3. The highest BCUT2D eigenvalue weighted by atomic mass is 32.2. The van der Waals surface area contributed by atoms with E-state index in [-0.39, 0.29) is 11.3 Å². The molecule has 1 aliphatic heterocycles. The second-order valence-electron chi connectivity index (χ2n) is 8.14. The Labute approximate surface area is 152 Å². The lowest BCUT2D eigenvalue weighted by Gasteiger charge is -2.26. The van der Waals surface area contributed by atoms with Crippen LogP contribution in [0.4, 0.5) is 0 Å². The van der Waals surface area contributed by atoms with Crippen LogP contribution in [0.2, 0.25) is 0 Å². The van der Waals surface area contributed by atoms with Gasteiger partial charge in [0.05, 0.1) is 4.90 Å². The first kappa shape index (κ1) is 19.9. The number of rotatable bonds is 3. The zero-order valence-corrected chi connectivity index (χ0v) is 16.8. The van der Waals surface area contributed by atoms with Gasteiger partial charge in [-0.1, -0.05) is 32.9 Å². The topological polar surface area (TPSA) is 57.7 Å². The van der Waals surface area contributed by atoms with Crippen LogP contribution in [-0.4, -0.2) is 49.7 Å². The molecule has 1 amide bonds. The van der Waals surface area contributed by atoms with Crippen LogP contribution in [0, 0.1) is 19.3 Å². The van der Waals surface area contributed by atoms with Gasteiger partial charge >= 0.3 is 0 Å². The van der Waals surface area contributed by atoms with E-state index in [0.717, 1.165) is 11.1 Å². The van der Waals surface area contributed by atoms with Crippen molar-refractivity contribution in [3.63, 3.8) is 0 Å². The molecular formula is C19H30N2O3S. The maximum Gasteiger partial charge on any atom is 0.243 e. The lowest BCUT2D eigenvalue weighted by atomic mass is 9.91. The maximum atomic E-state index is 13.0. The summed E-state index contributed by atoms with van der Waals surface area (Å²) in [6.45, 7) is 11.7. The van der Waals surface area contributed by atoms with Crippen molar-refractivity contribution < 1.29 is 13.2 Å². The van der Waals surface area contributed by atoms with Crippen molar-refractivity contribution in [2.75, 3.05) is 26.2 Å². The number of hydrogen-bond donors (Lipinski definition) is 0. The van der Waals surface area contributed by atoms with Gasteiger partial charge in [0.1, 0.15) is 0 Å². The molecule has 1 aliphatic rings. The van der Waals surface area contributed by atoms with Gasteiger partial charge in [0.2, 0.25) is 15.9 Å². The number of nitrogens with zero attached hydrogens (tertiary/aromatic N) is 2. The van der Waals surface area contributed by atoms with Gasteiger partial charge in [-0.3, -0.25) is 4.79 Å². The van der Waals surface area contributed by atoms with Gasteiger partial charge in [-0.25, -0.2) is 8.42 Å². The average Bonchev–Trinajstić information content (AvgIpc) is 2.74. The largest absolute Gasteiger partial charge is 0.341 e. The number of carbonyl (C=O) groups is 1. The zero-order chi connectivity index (χ0) is 18.8. The van der Waals surface area contributed by atoms with Gasteiger partial charge in [-0.15, -0.1) is 0 Å². The fourth-order valence-electron chi connectivity index (χ4n) is 3.07. The van der Waals surface area contributed by atoms with Crippen LogP contribution in [0.15, 0.2) is 23.1 Å². The number of carbonyl (C=O) groups excluding carboxylic acids is 1. The van der Waals surface area contributed by atoms with E-state index < -0.39 is 10.0 Å². The Kier molecular flexibility index (Phi) is 5.94. The first-order valence-electron chi connectivity index (χ1n) is 8.86. The zero-order valence-electron chi connectivity index (χ0n) is 16.0. The summed E-state index contributed by atoms with van der Waals surface area (Å²) in [5.74, 6) is 0.110. The molecule has 0 atom stereocenters. The fraction of sp³-hybridized carbons (Fsp3) is 0.632. The second kappa shape index (κ2) is 7.46. The molecule has 5 nitrogen and oxygen atoms in total. The molecule has 0 spiro atoms. The third-order valence-corrected chi connectivity index (χ3v) is 6.49. The van der Waals surface area contributed by atoms with Crippen molar-refractivity contribution >= 4 is 15.9 Å². The van der Waals surface area contributed by atoms with Crippen LogP contribution in [0.5, 0.6) is 0 Å². The molecule has 1 aromatic carbocycles. The summed E-state index contributed by atoms with van der Waals surface area (Å²) in [6.07, 6.45) is 1.15. The highest BCUT2D eigenvalue weighted by Crippen LogP contribution is 2.24. The van der Waals surface area contributed by atoms with Crippen LogP contribution < -0.4 is 0 Å². The molecule has 0 bridgehead atoms. The SMILES string of the molecule is Cc1ccc(C)c(S(=O)(=O)N2CCCN(C(=O)CC(C)(C)C)CC2)c1. The van der Waals surface area contributed by atoms with Crippen LogP contribution >= 0.6 is 0 Å². The van der Waals surface area contributed by atoms with Gasteiger partial charge in [0.15, 0.2) is 0 Å². The minimum Gasteiger partial charge on any atom is -0.341 e. The van der Waals surface area contributed by atoms with E-state index in [4.69, 9.17) is 0 Å². The molecule has 1 aromatic rings. The first-order chi connectivity index (χ1) is 11.5. The number of amides is 1. The first-order valence-corrected chi connectivity index (χ1v) is 10.3. The van der Waals surface area contributed by atoms with Gasteiger partial charge < -0.3 is 4.90 Å². The van der Waals surface area contributed by atoms with Crippen molar-refractivity contribution in [1.82, 2.24) is 9.21 Å². The molecule has 1 fully saturated rings. The predicted octanol–water partition coefficient (Wildman–Crippen LogP) is 2.96. The minimum absolute atomic E-state index is 0.0617. The normalized spacial score (nSPS) is 17.4. The molecule has 1 heterocycles. The average molecular weight is 367 g/mol. The van der Waals surface area contributed by atoms with Crippen molar-refractivity contribution in [2.24, 2.45) is 5.41 Å². The fourth-order valence-corrected chi connectivity index (χ4v) is 4.85. The molecule has 6 heteroatoms. The number of benzene rings is 1. The summed E-state index contributed by atoms with van der Waals surface area (Å²) >= 11 is 0. The van der Waals surface area contributed by atoms with E-state index in [9.17, 15) is 13.2 Å². The van der Waals surface area contributed by atoms with E-state index in [2.05, 4.69) is 0 Å². The maximum absolute atomic E-state index is 13.0. The molecule has 0 N–H and O–H groups in total. The van der Waals surface area contributed by atoms with Crippen molar-refractivity contribution in [3.05, 3.63) is 29.3 Å². The predicted molar refractivity (Wildman–Crippen MR) is 99.9 cm³/mol. The Hall–Kier alpha value is -1.40. The van der Waals surface area contributed by atoms with E-state index in [1.54, 1.807) is 6.07 Å². The lowest BCUT2D eigenvalue weighted by Crippen LogP contribution is -2.38. The molecular weight excluding hydrogens is 336 g/mol. The second-order valence-corrected chi connectivity index (χ2v) is 10.1. The van der Waals surface area contributed by atoms with Crippen LogP contribution in [-0.2, 0) is 14.8 Å². The molecule has 0 unspecified atom stereocenters. The molecule has 0 aliphatic carbocycles. The third-order valence-electron chi connectivity index (χ3n) is 4.45. The number of aryl methyl sites for hydroxylation is 2. The van der Waals surface area contributed by atoms with E-state index in [1.165, 1.54) is 4.31 Å². The quantitative estimate of drug-likeness (QED) is 0.826. The van der Waals surface area contributed by atoms with E-state index >= 15 is 0 Å². The van der Waals surface area contributed by atoms with Gasteiger partial charge in [0, 0.05) is 32.6 Å². The van der Waals surface area contributed by atoms with Crippen molar-refractivity contribution in [3.8, 4) is 0 Å². The van der Waals surface area contributed by atoms with Crippen LogP contribution in [0.25, 0.3) is 0 Å². The summed E-state index contributed by atoms with van der Waals surface area (Å²) in [5, 5.41) is 0. The lowest BCUT2D eigenvalue weighted by molar-refractivity contribution is -0.132. The highest BCUT2D eigenvalue weighted by Gasteiger charge is 2.30. The Morgan fingerprint density at radius 3 is 2.40 bits per heavy atom. The van der Waals surface area contributed by atoms with E-state index in [0.29, 0.717) is 43.9 Å². The van der Waals surface area contributed by atoms with Crippen molar-refractivity contribution in [1.29, 1.82) is 0 Å². The minimum atomic E-state index is -3.53. The third kappa shape index (κ3) is 5.05. The summed E-state index contributed by atoms with van der Waals surface area (Å²) < 4.78 is 27.6.